The Kier molecular flexibility index (Phi) is 5.18. The van der Waals surface area contributed by atoms with Gasteiger partial charge in [0, 0.05) is 39.6 Å². The van der Waals surface area contributed by atoms with E-state index in [4.69, 9.17) is 9.97 Å². The van der Waals surface area contributed by atoms with Gasteiger partial charge in [0.1, 0.15) is 5.82 Å². The van der Waals surface area contributed by atoms with Crippen LogP contribution in [0.2, 0.25) is 0 Å². The standard InChI is InChI=1S/C19H28N6/c1-14(2)17-20-18(23(3)4)22-19(21-17)25-12-11-24(5)13-16(25)15-9-7-6-8-10-15/h6-10,14,16H,11-13H2,1-5H3. The molecule has 2 aromatic rings. The second kappa shape index (κ2) is 7.35. The minimum Gasteiger partial charge on any atom is -0.347 e. The maximum absolute atomic E-state index is 4.80. The van der Waals surface area contributed by atoms with Gasteiger partial charge in [-0.25, -0.2) is 0 Å². The van der Waals surface area contributed by atoms with E-state index in [0.29, 0.717) is 0 Å². The van der Waals surface area contributed by atoms with E-state index in [9.17, 15) is 0 Å². The summed E-state index contributed by atoms with van der Waals surface area (Å²) in [5, 5.41) is 0. The summed E-state index contributed by atoms with van der Waals surface area (Å²) in [5.74, 6) is 2.62. The molecule has 1 saturated heterocycles. The Morgan fingerprint density at radius 1 is 1.04 bits per heavy atom. The molecule has 0 amide bonds. The van der Waals surface area contributed by atoms with Gasteiger partial charge < -0.3 is 14.7 Å². The van der Waals surface area contributed by atoms with E-state index in [-0.39, 0.29) is 12.0 Å². The largest absolute Gasteiger partial charge is 0.347 e. The summed E-state index contributed by atoms with van der Waals surface area (Å²) in [7, 11) is 6.12. The van der Waals surface area contributed by atoms with Gasteiger partial charge in [-0.05, 0) is 12.6 Å². The van der Waals surface area contributed by atoms with Crippen LogP contribution in [0.25, 0.3) is 0 Å². The van der Waals surface area contributed by atoms with E-state index in [1.54, 1.807) is 0 Å². The van der Waals surface area contributed by atoms with Crippen LogP contribution < -0.4 is 9.80 Å². The molecular weight excluding hydrogens is 312 g/mol. The number of hydrogen-bond acceptors (Lipinski definition) is 6. The van der Waals surface area contributed by atoms with E-state index in [2.05, 4.69) is 66.0 Å². The van der Waals surface area contributed by atoms with E-state index in [1.165, 1.54) is 5.56 Å². The highest BCUT2D eigenvalue weighted by atomic mass is 15.4. The zero-order valence-electron chi connectivity index (χ0n) is 15.8. The van der Waals surface area contributed by atoms with Crippen molar-refractivity contribution in [2.75, 3.05) is 50.6 Å². The number of nitrogens with zero attached hydrogens (tertiary/aromatic N) is 6. The van der Waals surface area contributed by atoms with Crippen molar-refractivity contribution < 1.29 is 0 Å². The van der Waals surface area contributed by atoms with Crippen LogP contribution in [0.5, 0.6) is 0 Å². The molecule has 1 aromatic carbocycles. The fraction of sp³-hybridized carbons (Fsp3) is 0.526. The summed E-state index contributed by atoms with van der Waals surface area (Å²) in [4.78, 5) is 20.8. The van der Waals surface area contributed by atoms with Crippen molar-refractivity contribution in [1.82, 2.24) is 19.9 Å². The van der Waals surface area contributed by atoms with Gasteiger partial charge in [0.2, 0.25) is 11.9 Å². The monoisotopic (exact) mass is 340 g/mol. The first-order chi connectivity index (χ1) is 12.0. The van der Waals surface area contributed by atoms with E-state index >= 15 is 0 Å². The Labute approximate surface area is 150 Å². The third kappa shape index (κ3) is 3.90. The number of aromatic nitrogens is 3. The second-order valence-electron chi connectivity index (χ2n) is 7.22. The van der Waals surface area contributed by atoms with Crippen LogP contribution in [0, 0.1) is 0 Å². The van der Waals surface area contributed by atoms with Crippen LogP contribution in [-0.4, -0.2) is 60.6 Å². The van der Waals surface area contributed by atoms with Gasteiger partial charge in [0.25, 0.3) is 0 Å². The van der Waals surface area contributed by atoms with Gasteiger partial charge in [-0.2, -0.15) is 15.0 Å². The van der Waals surface area contributed by atoms with Gasteiger partial charge in [0.15, 0.2) is 0 Å². The summed E-state index contributed by atoms with van der Waals surface area (Å²) in [6.45, 7) is 7.12. The third-order valence-electron chi connectivity index (χ3n) is 4.57. The topological polar surface area (TPSA) is 48.4 Å². The Morgan fingerprint density at radius 3 is 2.40 bits per heavy atom. The van der Waals surface area contributed by atoms with Crippen LogP contribution in [0.1, 0.15) is 37.2 Å². The van der Waals surface area contributed by atoms with Crippen molar-refractivity contribution in [3.05, 3.63) is 41.7 Å². The Balaban J connectivity index is 2.03. The Morgan fingerprint density at radius 2 is 1.76 bits per heavy atom. The van der Waals surface area contributed by atoms with Gasteiger partial charge in [0.05, 0.1) is 6.04 Å². The molecule has 6 nitrogen and oxygen atoms in total. The number of anilines is 2. The molecule has 0 radical (unpaired) electrons. The lowest BCUT2D eigenvalue weighted by Crippen LogP contribution is -2.47. The Bertz CT molecular complexity index is 674. The molecule has 0 aliphatic carbocycles. The molecule has 1 aliphatic rings. The molecule has 0 bridgehead atoms. The second-order valence-corrected chi connectivity index (χ2v) is 7.22. The molecule has 1 aromatic heterocycles. The van der Waals surface area contributed by atoms with Crippen LogP contribution in [0.3, 0.4) is 0 Å². The summed E-state index contributed by atoms with van der Waals surface area (Å²) < 4.78 is 0. The molecule has 3 rings (SSSR count). The van der Waals surface area contributed by atoms with Crippen molar-refractivity contribution >= 4 is 11.9 Å². The first-order valence-corrected chi connectivity index (χ1v) is 8.89. The fourth-order valence-corrected chi connectivity index (χ4v) is 3.08. The molecule has 0 spiro atoms. The molecule has 0 N–H and O–H groups in total. The smallest absolute Gasteiger partial charge is 0.231 e. The SMILES string of the molecule is CC(C)c1nc(N(C)C)nc(N2CCN(C)CC2c2ccccc2)n1. The summed E-state index contributed by atoms with van der Waals surface area (Å²) in [6, 6.07) is 10.9. The zero-order chi connectivity index (χ0) is 18.0. The van der Waals surface area contributed by atoms with E-state index in [0.717, 1.165) is 37.4 Å². The van der Waals surface area contributed by atoms with Crippen molar-refractivity contribution in [1.29, 1.82) is 0 Å². The van der Waals surface area contributed by atoms with Crippen molar-refractivity contribution in [3.63, 3.8) is 0 Å². The first-order valence-electron chi connectivity index (χ1n) is 8.89. The average molecular weight is 340 g/mol. The maximum atomic E-state index is 4.80. The lowest BCUT2D eigenvalue weighted by molar-refractivity contribution is 0.267. The van der Waals surface area contributed by atoms with Crippen LogP contribution in [0.4, 0.5) is 11.9 Å². The molecule has 2 heterocycles. The van der Waals surface area contributed by atoms with Crippen LogP contribution in [0.15, 0.2) is 30.3 Å². The van der Waals surface area contributed by atoms with Crippen molar-refractivity contribution in [2.24, 2.45) is 0 Å². The average Bonchev–Trinajstić information content (AvgIpc) is 2.62. The predicted octanol–water partition coefficient (Wildman–Crippen LogP) is 2.55. The number of hydrogen-bond donors (Lipinski definition) is 0. The van der Waals surface area contributed by atoms with Gasteiger partial charge in [-0.1, -0.05) is 44.2 Å². The molecule has 1 fully saturated rings. The van der Waals surface area contributed by atoms with Gasteiger partial charge in [-0.3, -0.25) is 0 Å². The van der Waals surface area contributed by atoms with Crippen molar-refractivity contribution in [2.45, 2.75) is 25.8 Å². The third-order valence-corrected chi connectivity index (χ3v) is 4.57. The number of benzene rings is 1. The molecule has 25 heavy (non-hydrogen) atoms. The molecule has 6 heteroatoms. The number of piperazine rings is 1. The van der Waals surface area contributed by atoms with Crippen molar-refractivity contribution in [3.8, 4) is 0 Å². The van der Waals surface area contributed by atoms with E-state index in [1.807, 2.05) is 19.0 Å². The van der Waals surface area contributed by atoms with Crippen LogP contribution >= 0.6 is 0 Å². The lowest BCUT2D eigenvalue weighted by Gasteiger charge is -2.40. The highest BCUT2D eigenvalue weighted by molar-refractivity contribution is 5.42. The quantitative estimate of drug-likeness (QED) is 0.852. The normalized spacial score (nSPS) is 18.6. The molecule has 0 saturated carbocycles. The minimum absolute atomic E-state index is 0.248. The molecule has 1 aliphatic heterocycles. The predicted molar refractivity (Wildman–Crippen MR) is 102 cm³/mol. The highest BCUT2D eigenvalue weighted by Crippen LogP contribution is 2.29. The first kappa shape index (κ1) is 17.6. The van der Waals surface area contributed by atoms with Gasteiger partial charge >= 0.3 is 0 Å². The van der Waals surface area contributed by atoms with Crippen LogP contribution in [-0.2, 0) is 0 Å². The van der Waals surface area contributed by atoms with E-state index < -0.39 is 0 Å². The summed E-state index contributed by atoms with van der Waals surface area (Å²) >= 11 is 0. The molecule has 134 valence electrons. The molecule has 1 atom stereocenters. The maximum Gasteiger partial charge on any atom is 0.231 e. The number of rotatable bonds is 4. The Hall–Kier alpha value is -2.21. The minimum atomic E-state index is 0.248. The van der Waals surface area contributed by atoms with Gasteiger partial charge in [-0.15, -0.1) is 0 Å². The number of likely N-dealkylation sites (N-methyl/N-ethyl adjacent to an activating group) is 1. The summed E-state index contributed by atoms with van der Waals surface area (Å²) in [5.41, 5.74) is 1.30. The lowest BCUT2D eigenvalue weighted by atomic mass is 10.0. The fourth-order valence-electron chi connectivity index (χ4n) is 3.08. The highest BCUT2D eigenvalue weighted by Gasteiger charge is 2.29. The molecular formula is C19H28N6. The summed E-state index contributed by atoms with van der Waals surface area (Å²) in [6.07, 6.45) is 0. The zero-order valence-corrected chi connectivity index (χ0v) is 15.8. The molecule has 1 unspecified atom stereocenters.